The first-order chi connectivity index (χ1) is 6.24. The van der Waals surface area contributed by atoms with E-state index in [0.29, 0.717) is 5.70 Å². The summed E-state index contributed by atoms with van der Waals surface area (Å²) in [6.07, 6.45) is 1.84. The van der Waals surface area contributed by atoms with Crippen molar-refractivity contribution < 1.29 is 4.79 Å². The number of allylic oxidation sites excluding steroid dienone is 1. The minimum Gasteiger partial charge on any atom is -0.385 e. The number of Topliss-reactive ketones (excluding diaryl/α,β-unsaturated/α-hetero) is 1. The summed E-state index contributed by atoms with van der Waals surface area (Å²) in [6.45, 7) is 1.55. The Morgan fingerprint density at radius 1 is 1.31 bits per heavy atom. The maximum Gasteiger partial charge on any atom is 0.175 e. The third-order valence-electron chi connectivity index (χ3n) is 1.76. The van der Waals surface area contributed by atoms with Crippen molar-refractivity contribution in [3.05, 3.63) is 41.6 Å². The number of hydrogen-bond acceptors (Lipinski definition) is 2. The first-order valence-electron chi connectivity index (χ1n) is 4.19. The first kappa shape index (κ1) is 9.52. The fourth-order valence-electron chi connectivity index (χ4n) is 1.07. The predicted octanol–water partition coefficient (Wildman–Crippen LogP) is 1.84. The monoisotopic (exact) mass is 175 g/mol. The van der Waals surface area contributed by atoms with Crippen molar-refractivity contribution >= 4 is 11.9 Å². The maximum atomic E-state index is 11.0. The first-order valence-corrected chi connectivity index (χ1v) is 4.19. The van der Waals surface area contributed by atoms with Crippen molar-refractivity contribution in [3.63, 3.8) is 0 Å². The van der Waals surface area contributed by atoms with Crippen molar-refractivity contribution in [2.75, 3.05) is 7.05 Å². The Morgan fingerprint density at radius 2 is 1.92 bits per heavy atom. The minimum absolute atomic E-state index is 0.0475. The van der Waals surface area contributed by atoms with E-state index >= 15 is 0 Å². The molecule has 1 aromatic rings. The van der Waals surface area contributed by atoms with Gasteiger partial charge in [-0.1, -0.05) is 30.3 Å². The van der Waals surface area contributed by atoms with Crippen LogP contribution in [-0.4, -0.2) is 12.8 Å². The zero-order valence-corrected chi connectivity index (χ0v) is 7.87. The van der Waals surface area contributed by atoms with E-state index in [-0.39, 0.29) is 5.78 Å². The summed E-state index contributed by atoms with van der Waals surface area (Å²) in [6, 6.07) is 9.75. The van der Waals surface area contributed by atoms with Crippen LogP contribution in [0.5, 0.6) is 0 Å². The van der Waals surface area contributed by atoms with Crippen LogP contribution in [0.3, 0.4) is 0 Å². The van der Waals surface area contributed by atoms with Gasteiger partial charge in [-0.3, -0.25) is 4.79 Å². The molecule has 0 amide bonds. The summed E-state index contributed by atoms with van der Waals surface area (Å²) in [7, 11) is 1.75. The van der Waals surface area contributed by atoms with Gasteiger partial charge < -0.3 is 5.32 Å². The highest BCUT2D eigenvalue weighted by atomic mass is 16.1. The molecule has 2 heteroatoms. The summed E-state index contributed by atoms with van der Waals surface area (Å²) < 4.78 is 0. The lowest BCUT2D eigenvalue weighted by Crippen LogP contribution is -2.12. The van der Waals surface area contributed by atoms with Crippen molar-refractivity contribution in [1.29, 1.82) is 0 Å². The predicted molar refractivity (Wildman–Crippen MR) is 54.2 cm³/mol. The summed E-state index contributed by atoms with van der Waals surface area (Å²) in [4.78, 5) is 11.0. The van der Waals surface area contributed by atoms with Gasteiger partial charge in [-0.25, -0.2) is 0 Å². The van der Waals surface area contributed by atoms with Gasteiger partial charge in [-0.15, -0.1) is 0 Å². The van der Waals surface area contributed by atoms with Crippen LogP contribution in [0.2, 0.25) is 0 Å². The quantitative estimate of drug-likeness (QED) is 0.710. The molecule has 0 radical (unpaired) electrons. The molecule has 0 aliphatic rings. The summed E-state index contributed by atoms with van der Waals surface area (Å²) >= 11 is 0. The molecule has 0 aromatic heterocycles. The highest BCUT2D eigenvalue weighted by molar-refractivity contribution is 5.97. The number of nitrogens with one attached hydrogen (secondary N) is 1. The van der Waals surface area contributed by atoms with E-state index in [4.69, 9.17) is 0 Å². The molecular weight excluding hydrogens is 162 g/mol. The van der Waals surface area contributed by atoms with Gasteiger partial charge >= 0.3 is 0 Å². The van der Waals surface area contributed by atoms with E-state index in [2.05, 4.69) is 5.32 Å². The highest BCUT2D eigenvalue weighted by Crippen LogP contribution is 2.04. The number of benzene rings is 1. The van der Waals surface area contributed by atoms with Gasteiger partial charge in [0.2, 0.25) is 0 Å². The van der Waals surface area contributed by atoms with E-state index in [0.717, 1.165) is 5.56 Å². The molecule has 0 saturated carbocycles. The van der Waals surface area contributed by atoms with Crippen LogP contribution in [0.1, 0.15) is 12.5 Å². The molecule has 1 N–H and O–H groups in total. The Hall–Kier alpha value is -1.57. The molecule has 0 fully saturated rings. The molecule has 2 nitrogen and oxygen atoms in total. The lowest BCUT2D eigenvalue weighted by atomic mass is 10.1. The van der Waals surface area contributed by atoms with Gasteiger partial charge in [0, 0.05) is 14.0 Å². The molecule has 1 aromatic carbocycles. The summed E-state index contributed by atoms with van der Waals surface area (Å²) in [5, 5.41) is 2.86. The van der Waals surface area contributed by atoms with Crippen molar-refractivity contribution in [3.8, 4) is 0 Å². The lowest BCUT2D eigenvalue weighted by molar-refractivity contribution is -0.113. The molecule has 68 valence electrons. The van der Waals surface area contributed by atoms with Crippen LogP contribution in [0.4, 0.5) is 0 Å². The minimum atomic E-state index is 0.0475. The second-order valence-electron chi connectivity index (χ2n) is 2.77. The highest BCUT2D eigenvalue weighted by Gasteiger charge is 1.99. The largest absolute Gasteiger partial charge is 0.385 e. The fourth-order valence-corrected chi connectivity index (χ4v) is 1.07. The molecule has 13 heavy (non-hydrogen) atoms. The van der Waals surface area contributed by atoms with Gasteiger partial charge in [0.25, 0.3) is 0 Å². The smallest absolute Gasteiger partial charge is 0.175 e. The molecule has 0 heterocycles. The van der Waals surface area contributed by atoms with Crippen molar-refractivity contribution in [2.24, 2.45) is 0 Å². The molecule has 0 unspecified atom stereocenters. The Balaban J connectivity index is 2.92. The van der Waals surface area contributed by atoms with Gasteiger partial charge in [0.1, 0.15) is 0 Å². The van der Waals surface area contributed by atoms with Crippen molar-refractivity contribution in [1.82, 2.24) is 5.32 Å². The molecular formula is C11H13NO. The van der Waals surface area contributed by atoms with Crippen LogP contribution in [0.15, 0.2) is 36.0 Å². The molecule has 0 aliphatic carbocycles. The van der Waals surface area contributed by atoms with Gasteiger partial charge in [0.15, 0.2) is 5.78 Å². The molecule has 1 rings (SSSR count). The zero-order chi connectivity index (χ0) is 9.68. The van der Waals surface area contributed by atoms with E-state index in [9.17, 15) is 4.79 Å². The number of rotatable bonds is 3. The van der Waals surface area contributed by atoms with Crippen LogP contribution in [-0.2, 0) is 4.79 Å². The standard InChI is InChI=1S/C11H13NO/c1-9(13)11(12-2)8-10-6-4-3-5-7-10/h3-8,12H,1-2H3/b11-8+. The number of likely N-dealkylation sites (N-methyl/N-ethyl adjacent to an activating group) is 1. The molecule has 0 bridgehead atoms. The third kappa shape index (κ3) is 2.75. The van der Waals surface area contributed by atoms with Crippen LogP contribution < -0.4 is 5.32 Å². The second-order valence-corrected chi connectivity index (χ2v) is 2.77. The van der Waals surface area contributed by atoms with E-state index in [1.54, 1.807) is 14.0 Å². The lowest BCUT2D eigenvalue weighted by Gasteiger charge is -2.01. The van der Waals surface area contributed by atoms with Gasteiger partial charge in [-0.2, -0.15) is 0 Å². The van der Waals surface area contributed by atoms with E-state index in [1.807, 2.05) is 36.4 Å². The normalized spacial score (nSPS) is 11.1. The van der Waals surface area contributed by atoms with Crippen molar-refractivity contribution in [2.45, 2.75) is 6.92 Å². The average Bonchev–Trinajstić information content (AvgIpc) is 2.15. The fraction of sp³-hybridized carbons (Fsp3) is 0.182. The third-order valence-corrected chi connectivity index (χ3v) is 1.76. The SMILES string of the molecule is CN/C(=C/c1ccccc1)C(C)=O. The molecule has 0 saturated heterocycles. The molecule has 0 spiro atoms. The Bertz CT molecular complexity index is 314. The topological polar surface area (TPSA) is 29.1 Å². The molecule has 0 atom stereocenters. The van der Waals surface area contributed by atoms with E-state index < -0.39 is 0 Å². The van der Waals surface area contributed by atoms with Crippen LogP contribution in [0.25, 0.3) is 6.08 Å². The molecule has 0 aliphatic heterocycles. The van der Waals surface area contributed by atoms with Gasteiger partial charge in [0.05, 0.1) is 5.70 Å². The van der Waals surface area contributed by atoms with Gasteiger partial charge in [-0.05, 0) is 11.6 Å². The Kier molecular flexibility index (Phi) is 3.26. The maximum absolute atomic E-state index is 11.0. The Labute approximate surface area is 78.3 Å². The number of carbonyl (C=O) groups excluding carboxylic acids is 1. The number of carbonyl (C=O) groups is 1. The summed E-state index contributed by atoms with van der Waals surface area (Å²) in [5.74, 6) is 0.0475. The second kappa shape index (κ2) is 4.45. The number of hydrogen-bond donors (Lipinski definition) is 1. The zero-order valence-electron chi connectivity index (χ0n) is 7.87. The van der Waals surface area contributed by atoms with E-state index in [1.165, 1.54) is 0 Å². The number of ketones is 1. The van der Waals surface area contributed by atoms with Crippen LogP contribution >= 0.6 is 0 Å². The Morgan fingerprint density at radius 3 is 2.38 bits per heavy atom. The van der Waals surface area contributed by atoms with Crippen LogP contribution in [0, 0.1) is 0 Å². The summed E-state index contributed by atoms with van der Waals surface area (Å²) in [5.41, 5.74) is 1.66. The average molecular weight is 175 g/mol.